The molecule has 1 aromatic rings. The normalized spacial score (nSPS) is 16.0. The van der Waals surface area contributed by atoms with E-state index in [1.54, 1.807) is 13.8 Å². The fourth-order valence-electron chi connectivity index (χ4n) is 1.17. The van der Waals surface area contributed by atoms with Crippen molar-refractivity contribution < 1.29 is 9.53 Å². The summed E-state index contributed by atoms with van der Waals surface area (Å²) < 4.78 is 4.88. The van der Waals surface area contributed by atoms with Crippen molar-refractivity contribution in [3.05, 3.63) is 30.3 Å². The molecule has 2 atom stereocenters. The van der Waals surface area contributed by atoms with Crippen molar-refractivity contribution in [2.75, 3.05) is 6.61 Å². The number of rotatable bonds is 5. The van der Waals surface area contributed by atoms with Crippen LogP contribution in [0.1, 0.15) is 13.8 Å². The quantitative estimate of drug-likeness (QED) is 0.466. The fraction of sp³-hybridized carbons (Fsp3) is 0.417. The van der Waals surface area contributed by atoms with Gasteiger partial charge in [0.05, 0.1) is 0 Å². The summed E-state index contributed by atoms with van der Waals surface area (Å²) in [5.41, 5.74) is 0. The minimum absolute atomic E-state index is 0.275. The van der Waals surface area contributed by atoms with Gasteiger partial charge in [0.2, 0.25) is 0 Å². The predicted molar refractivity (Wildman–Crippen MR) is 72.4 cm³/mol. The van der Waals surface area contributed by atoms with Crippen molar-refractivity contribution in [1.29, 1.82) is 0 Å². The molecule has 0 aliphatic heterocycles. The van der Waals surface area contributed by atoms with E-state index < -0.39 is 15.1 Å². The molecule has 2 unspecified atom stereocenters. The SMILES string of the molecule is CCOC(=O)C(Cl)([Se]c1ccccc1)C(C)Cl. The first kappa shape index (κ1) is 14.8. The van der Waals surface area contributed by atoms with Gasteiger partial charge in [-0.1, -0.05) is 0 Å². The number of hydrogen-bond acceptors (Lipinski definition) is 2. The van der Waals surface area contributed by atoms with E-state index in [9.17, 15) is 4.79 Å². The predicted octanol–water partition coefficient (Wildman–Crippen LogP) is 2.14. The summed E-state index contributed by atoms with van der Waals surface area (Å²) in [6.45, 7) is 3.78. The average Bonchev–Trinajstić information content (AvgIpc) is 2.30. The molecule has 0 amide bonds. The number of carbonyl (C=O) groups is 1. The van der Waals surface area contributed by atoms with Crippen molar-refractivity contribution in [3.8, 4) is 0 Å². The van der Waals surface area contributed by atoms with Crippen molar-refractivity contribution in [2.24, 2.45) is 0 Å². The van der Waals surface area contributed by atoms with Gasteiger partial charge in [0.1, 0.15) is 0 Å². The molecule has 5 heteroatoms. The van der Waals surface area contributed by atoms with Crippen LogP contribution in [0.15, 0.2) is 30.3 Å². The maximum atomic E-state index is 11.9. The maximum absolute atomic E-state index is 11.9. The zero-order valence-corrected chi connectivity index (χ0v) is 12.9. The molecular formula is C12H14Cl2O2Se. The Bertz CT molecular complexity index is 370. The van der Waals surface area contributed by atoms with Crippen LogP contribution in [0.4, 0.5) is 0 Å². The Balaban J connectivity index is 2.89. The standard InChI is InChI=1S/C12H14Cl2O2Se/c1-3-16-11(15)12(14,9(2)13)17-10-7-5-4-6-8-10/h4-9H,3H2,1-2H3. The van der Waals surface area contributed by atoms with Gasteiger partial charge in [-0.15, -0.1) is 0 Å². The van der Waals surface area contributed by atoms with E-state index in [-0.39, 0.29) is 15.0 Å². The third-order valence-corrected chi connectivity index (χ3v) is 6.47. The van der Waals surface area contributed by atoms with Gasteiger partial charge in [-0.05, 0) is 0 Å². The number of hydrogen-bond donors (Lipinski definition) is 0. The molecule has 17 heavy (non-hydrogen) atoms. The number of halogens is 2. The van der Waals surface area contributed by atoms with Crippen LogP contribution in [-0.4, -0.2) is 36.7 Å². The summed E-state index contributed by atoms with van der Waals surface area (Å²) in [5.74, 6) is -0.437. The molecule has 0 aliphatic rings. The first-order valence-electron chi connectivity index (χ1n) is 5.25. The molecule has 0 aromatic heterocycles. The van der Waals surface area contributed by atoms with Gasteiger partial charge in [0.15, 0.2) is 0 Å². The van der Waals surface area contributed by atoms with E-state index >= 15 is 0 Å². The van der Waals surface area contributed by atoms with Gasteiger partial charge in [-0.25, -0.2) is 0 Å². The fourth-order valence-corrected chi connectivity index (χ4v) is 3.99. The van der Waals surface area contributed by atoms with Crippen LogP contribution in [0.5, 0.6) is 0 Å². The molecule has 0 N–H and O–H groups in total. The van der Waals surface area contributed by atoms with E-state index in [0.717, 1.165) is 4.46 Å². The first-order valence-corrected chi connectivity index (χ1v) is 7.77. The molecule has 0 radical (unpaired) electrons. The molecule has 0 aliphatic carbocycles. The summed E-state index contributed by atoms with van der Waals surface area (Å²) in [6.07, 6.45) is 0. The molecule has 0 saturated carbocycles. The Labute approximate surface area is 118 Å². The molecule has 1 rings (SSSR count). The molecule has 94 valence electrons. The van der Waals surface area contributed by atoms with Crippen molar-refractivity contribution in [1.82, 2.24) is 0 Å². The molecular weight excluding hydrogens is 326 g/mol. The second-order valence-electron chi connectivity index (χ2n) is 3.40. The van der Waals surface area contributed by atoms with E-state index in [2.05, 4.69) is 0 Å². The van der Waals surface area contributed by atoms with E-state index in [0.29, 0.717) is 6.61 Å². The van der Waals surface area contributed by atoms with E-state index in [4.69, 9.17) is 27.9 Å². The number of alkyl halides is 2. The topological polar surface area (TPSA) is 26.3 Å². The van der Waals surface area contributed by atoms with Crippen LogP contribution in [0, 0.1) is 0 Å². The van der Waals surface area contributed by atoms with Crippen LogP contribution < -0.4 is 4.46 Å². The number of carbonyl (C=O) groups excluding carboxylic acids is 1. The van der Waals surface area contributed by atoms with E-state index in [1.807, 2.05) is 30.3 Å². The molecule has 0 saturated heterocycles. The van der Waals surface area contributed by atoms with Crippen LogP contribution in [0.25, 0.3) is 0 Å². The second-order valence-corrected chi connectivity index (χ2v) is 7.92. The second kappa shape index (κ2) is 6.65. The van der Waals surface area contributed by atoms with Crippen LogP contribution in [-0.2, 0) is 9.53 Å². The molecule has 0 spiro atoms. The van der Waals surface area contributed by atoms with Gasteiger partial charge >= 0.3 is 118 Å². The number of esters is 1. The van der Waals surface area contributed by atoms with E-state index in [1.165, 1.54) is 0 Å². The van der Waals surface area contributed by atoms with Gasteiger partial charge in [-0.3, -0.25) is 0 Å². The Hall–Kier alpha value is -0.211. The van der Waals surface area contributed by atoms with Crippen molar-refractivity contribution >= 4 is 48.6 Å². The third-order valence-electron chi connectivity index (χ3n) is 2.07. The zero-order chi connectivity index (χ0) is 12.9. The average molecular weight is 340 g/mol. The van der Waals surface area contributed by atoms with Gasteiger partial charge in [0, 0.05) is 0 Å². The third kappa shape index (κ3) is 3.89. The minimum atomic E-state index is -1.15. The summed E-state index contributed by atoms with van der Waals surface area (Å²) >= 11 is 12.1. The van der Waals surface area contributed by atoms with Gasteiger partial charge < -0.3 is 0 Å². The molecule has 2 nitrogen and oxygen atoms in total. The van der Waals surface area contributed by atoms with Gasteiger partial charge in [0.25, 0.3) is 0 Å². The number of benzene rings is 1. The van der Waals surface area contributed by atoms with Crippen LogP contribution in [0.3, 0.4) is 0 Å². The molecule has 0 fully saturated rings. The Morgan fingerprint density at radius 1 is 1.47 bits per heavy atom. The summed E-state index contributed by atoms with van der Waals surface area (Å²) in [6, 6.07) is 9.63. The number of ether oxygens (including phenoxy) is 1. The summed E-state index contributed by atoms with van der Waals surface area (Å²) in [4.78, 5) is 11.9. The zero-order valence-electron chi connectivity index (χ0n) is 9.65. The molecule has 1 aromatic carbocycles. The Kier molecular flexibility index (Phi) is 5.81. The first-order chi connectivity index (χ1) is 8.00. The Morgan fingerprint density at radius 3 is 2.53 bits per heavy atom. The molecule has 0 heterocycles. The molecule has 0 bridgehead atoms. The van der Waals surface area contributed by atoms with Crippen molar-refractivity contribution in [3.63, 3.8) is 0 Å². The van der Waals surface area contributed by atoms with Crippen LogP contribution >= 0.6 is 23.2 Å². The Morgan fingerprint density at radius 2 is 2.06 bits per heavy atom. The van der Waals surface area contributed by atoms with Crippen molar-refractivity contribution in [2.45, 2.75) is 23.0 Å². The van der Waals surface area contributed by atoms with Crippen LogP contribution in [0.2, 0.25) is 0 Å². The summed E-state index contributed by atoms with van der Waals surface area (Å²) in [7, 11) is 0. The van der Waals surface area contributed by atoms with Gasteiger partial charge in [-0.2, -0.15) is 0 Å². The summed E-state index contributed by atoms with van der Waals surface area (Å²) in [5, 5.41) is -0.483. The monoisotopic (exact) mass is 340 g/mol.